The fourth-order valence-corrected chi connectivity index (χ4v) is 4.16. The molecular formula is C25H29ClN2O5. The Morgan fingerprint density at radius 3 is 2.30 bits per heavy atom. The number of hydrogen-bond donors (Lipinski definition) is 1. The van der Waals surface area contributed by atoms with Gasteiger partial charge in [0, 0.05) is 35.3 Å². The summed E-state index contributed by atoms with van der Waals surface area (Å²) >= 11 is 5.98. The van der Waals surface area contributed by atoms with Gasteiger partial charge >= 0.3 is 0 Å². The third-order valence-corrected chi connectivity index (χ3v) is 6.20. The zero-order valence-electron chi connectivity index (χ0n) is 19.3. The SMILES string of the molecule is CCN(CC)CCN1C(=O)C(=O)C(=C(O)c2ccc(Cl)cc2)[C@H]1c1ccc(OC)cc1OC. The predicted octanol–water partition coefficient (Wildman–Crippen LogP) is 4.12. The van der Waals surface area contributed by atoms with Crippen molar-refractivity contribution in [3.63, 3.8) is 0 Å². The van der Waals surface area contributed by atoms with Crippen molar-refractivity contribution in [3.05, 3.63) is 64.2 Å². The van der Waals surface area contributed by atoms with Crippen molar-refractivity contribution >= 4 is 29.1 Å². The fraction of sp³-hybridized carbons (Fsp3) is 0.360. The molecule has 1 saturated heterocycles. The van der Waals surface area contributed by atoms with Gasteiger partial charge in [-0.1, -0.05) is 25.4 Å². The summed E-state index contributed by atoms with van der Waals surface area (Å²) in [6.07, 6.45) is 0. The Labute approximate surface area is 199 Å². The van der Waals surface area contributed by atoms with Gasteiger partial charge in [0.25, 0.3) is 11.7 Å². The van der Waals surface area contributed by atoms with Crippen LogP contribution in [0.4, 0.5) is 0 Å². The topological polar surface area (TPSA) is 79.3 Å². The van der Waals surface area contributed by atoms with Crippen molar-refractivity contribution in [1.82, 2.24) is 9.80 Å². The maximum Gasteiger partial charge on any atom is 0.295 e. The molecule has 2 aromatic carbocycles. The third kappa shape index (κ3) is 4.99. The Bertz CT molecular complexity index is 1050. The van der Waals surface area contributed by atoms with Crippen LogP contribution in [0.5, 0.6) is 11.5 Å². The van der Waals surface area contributed by atoms with Crippen molar-refractivity contribution in [1.29, 1.82) is 0 Å². The Balaban J connectivity index is 2.17. The number of likely N-dealkylation sites (N-methyl/N-ethyl adjacent to an activating group) is 1. The van der Waals surface area contributed by atoms with Gasteiger partial charge in [0.15, 0.2) is 0 Å². The van der Waals surface area contributed by atoms with Crippen LogP contribution in [-0.4, -0.2) is 67.0 Å². The number of aliphatic hydroxyl groups excluding tert-OH is 1. The van der Waals surface area contributed by atoms with Crippen LogP contribution >= 0.6 is 11.6 Å². The van der Waals surface area contributed by atoms with E-state index in [1.807, 2.05) is 13.8 Å². The predicted molar refractivity (Wildman–Crippen MR) is 128 cm³/mol. The Morgan fingerprint density at radius 1 is 1.06 bits per heavy atom. The zero-order chi connectivity index (χ0) is 24.1. The molecule has 0 aliphatic carbocycles. The number of ether oxygens (including phenoxy) is 2. The van der Waals surface area contributed by atoms with E-state index in [-0.39, 0.29) is 11.3 Å². The molecule has 0 unspecified atom stereocenters. The van der Waals surface area contributed by atoms with Crippen LogP contribution in [0.3, 0.4) is 0 Å². The number of halogens is 1. The molecule has 0 saturated carbocycles. The molecule has 1 heterocycles. The summed E-state index contributed by atoms with van der Waals surface area (Å²) in [5, 5.41) is 11.6. The summed E-state index contributed by atoms with van der Waals surface area (Å²) in [6, 6.07) is 10.9. The largest absolute Gasteiger partial charge is 0.507 e. The van der Waals surface area contributed by atoms with Gasteiger partial charge < -0.3 is 24.4 Å². The van der Waals surface area contributed by atoms with E-state index in [1.54, 1.807) is 49.6 Å². The lowest BCUT2D eigenvalue weighted by atomic mass is 9.94. The second-order valence-corrected chi connectivity index (χ2v) is 8.07. The van der Waals surface area contributed by atoms with Crippen molar-refractivity contribution in [2.75, 3.05) is 40.4 Å². The van der Waals surface area contributed by atoms with E-state index in [1.165, 1.54) is 12.0 Å². The lowest BCUT2D eigenvalue weighted by Gasteiger charge is -2.29. The normalized spacial score (nSPS) is 17.6. The number of carbonyl (C=O) groups excluding carboxylic acids is 2. The zero-order valence-corrected chi connectivity index (χ0v) is 20.1. The van der Waals surface area contributed by atoms with Crippen molar-refractivity contribution < 1.29 is 24.2 Å². The standard InChI is InChI=1S/C25H29ClN2O5/c1-5-27(6-2)13-14-28-22(19-12-11-18(32-3)15-20(19)33-4)21(24(30)25(28)31)23(29)16-7-9-17(26)10-8-16/h7-12,15,22,29H,5-6,13-14H2,1-4H3/t22-/m1/s1. The van der Waals surface area contributed by atoms with E-state index in [0.29, 0.717) is 40.7 Å². The highest BCUT2D eigenvalue weighted by Crippen LogP contribution is 2.43. The molecule has 8 heteroatoms. The lowest BCUT2D eigenvalue weighted by molar-refractivity contribution is -0.140. The summed E-state index contributed by atoms with van der Waals surface area (Å²) in [7, 11) is 3.06. The number of nitrogens with zero attached hydrogens (tertiary/aromatic N) is 2. The van der Waals surface area contributed by atoms with Gasteiger partial charge in [-0.05, 0) is 49.5 Å². The molecule has 1 aliphatic heterocycles. The number of carbonyl (C=O) groups is 2. The van der Waals surface area contributed by atoms with E-state index in [2.05, 4.69) is 4.90 Å². The van der Waals surface area contributed by atoms with Crippen LogP contribution in [0.1, 0.15) is 31.0 Å². The quantitative estimate of drug-likeness (QED) is 0.336. The highest BCUT2D eigenvalue weighted by atomic mass is 35.5. The molecule has 0 radical (unpaired) electrons. The van der Waals surface area contributed by atoms with Gasteiger partial charge in [-0.3, -0.25) is 9.59 Å². The lowest BCUT2D eigenvalue weighted by Crippen LogP contribution is -2.38. The van der Waals surface area contributed by atoms with E-state index < -0.39 is 17.7 Å². The molecule has 3 rings (SSSR count). The first-order chi connectivity index (χ1) is 15.9. The average molecular weight is 473 g/mol. The molecule has 1 fully saturated rings. The summed E-state index contributed by atoms with van der Waals surface area (Å²) in [6.45, 7) is 6.65. The Morgan fingerprint density at radius 2 is 1.73 bits per heavy atom. The molecule has 0 aromatic heterocycles. The number of rotatable bonds is 9. The molecule has 1 N–H and O–H groups in total. The summed E-state index contributed by atoms with van der Waals surface area (Å²) in [5.74, 6) is -0.604. The highest BCUT2D eigenvalue weighted by Gasteiger charge is 2.47. The first kappa shape index (κ1) is 24.6. The molecule has 1 aliphatic rings. The minimum atomic E-state index is -0.808. The minimum absolute atomic E-state index is 0.0188. The number of ketones is 1. The summed E-state index contributed by atoms with van der Waals surface area (Å²) < 4.78 is 10.9. The van der Waals surface area contributed by atoms with Crippen LogP contribution in [0, 0.1) is 0 Å². The van der Waals surface area contributed by atoms with Crippen molar-refractivity contribution in [2.45, 2.75) is 19.9 Å². The molecule has 0 spiro atoms. The highest BCUT2D eigenvalue weighted by molar-refractivity contribution is 6.46. The van der Waals surface area contributed by atoms with Crippen LogP contribution in [0.25, 0.3) is 5.76 Å². The van der Waals surface area contributed by atoms with Gasteiger partial charge in [0.05, 0.1) is 25.8 Å². The number of aliphatic hydroxyl groups is 1. The second-order valence-electron chi connectivity index (χ2n) is 7.63. The van der Waals surface area contributed by atoms with Crippen molar-refractivity contribution in [3.8, 4) is 11.5 Å². The van der Waals surface area contributed by atoms with Crippen LogP contribution < -0.4 is 9.47 Å². The Hall–Kier alpha value is -3.03. The molecule has 2 aromatic rings. The summed E-state index contributed by atoms with van der Waals surface area (Å²) in [5.41, 5.74) is 1.01. The van der Waals surface area contributed by atoms with Gasteiger partial charge in [-0.15, -0.1) is 0 Å². The number of methoxy groups -OCH3 is 2. The first-order valence-electron chi connectivity index (χ1n) is 10.8. The van der Waals surface area contributed by atoms with Crippen LogP contribution in [0.15, 0.2) is 48.0 Å². The smallest absolute Gasteiger partial charge is 0.295 e. The van der Waals surface area contributed by atoms with E-state index in [9.17, 15) is 14.7 Å². The molecule has 1 amide bonds. The molecular weight excluding hydrogens is 444 g/mol. The Kier molecular flexibility index (Phi) is 8.00. The van der Waals surface area contributed by atoms with E-state index in [4.69, 9.17) is 21.1 Å². The molecule has 7 nitrogen and oxygen atoms in total. The minimum Gasteiger partial charge on any atom is -0.507 e. The monoisotopic (exact) mass is 472 g/mol. The van der Waals surface area contributed by atoms with Crippen molar-refractivity contribution in [2.24, 2.45) is 0 Å². The van der Waals surface area contributed by atoms with E-state index in [0.717, 1.165) is 13.1 Å². The van der Waals surface area contributed by atoms with Gasteiger partial charge in [-0.25, -0.2) is 0 Å². The maximum atomic E-state index is 13.2. The number of benzene rings is 2. The number of Topliss-reactive ketones (excluding diaryl/α,β-unsaturated/α-hetero) is 1. The van der Waals surface area contributed by atoms with Gasteiger partial charge in [0.1, 0.15) is 17.3 Å². The number of likely N-dealkylation sites (tertiary alicyclic amines) is 1. The summed E-state index contributed by atoms with van der Waals surface area (Å²) in [4.78, 5) is 30.0. The second kappa shape index (κ2) is 10.7. The van der Waals surface area contributed by atoms with Crippen LogP contribution in [0.2, 0.25) is 5.02 Å². The number of amides is 1. The first-order valence-corrected chi connectivity index (χ1v) is 11.2. The third-order valence-electron chi connectivity index (χ3n) is 5.94. The molecule has 33 heavy (non-hydrogen) atoms. The van der Waals surface area contributed by atoms with Gasteiger partial charge in [-0.2, -0.15) is 0 Å². The van der Waals surface area contributed by atoms with Crippen LogP contribution in [-0.2, 0) is 9.59 Å². The average Bonchev–Trinajstić information content (AvgIpc) is 3.09. The number of hydrogen-bond acceptors (Lipinski definition) is 6. The molecule has 1 atom stereocenters. The molecule has 176 valence electrons. The van der Waals surface area contributed by atoms with E-state index >= 15 is 0 Å². The van der Waals surface area contributed by atoms with Gasteiger partial charge in [0.2, 0.25) is 0 Å². The fourth-order valence-electron chi connectivity index (χ4n) is 4.03. The maximum absolute atomic E-state index is 13.2. The molecule has 0 bridgehead atoms.